The average Bonchev–Trinajstić information content (AvgIpc) is 2.28. The summed E-state index contributed by atoms with van der Waals surface area (Å²) < 4.78 is 28.2. The van der Waals surface area contributed by atoms with E-state index in [1.54, 1.807) is 18.4 Å². The molecule has 0 radical (unpaired) electrons. The number of anilines is 1. The molecule has 0 aliphatic carbocycles. The van der Waals surface area contributed by atoms with E-state index in [1.807, 2.05) is 6.92 Å². The van der Waals surface area contributed by atoms with Gasteiger partial charge in [0.25, 0.3) is 10.0 Å². The molecular formula is C10H14N2O2S3. The summed E-state index contributed by atoms with van der Waals surface area (Å²) in [7, 11) is -3.62. The minimum absolute atomic E-state index is 0.162. The molecule has 0 unspecified atom stereocenters. The lowest BCUT2D eigenvalue weighted by Crippen LogP contribution is -2.00. The highest BCUT2D eigenvalue weighted by Crippen LogP contribution is 2.20. The van der Waals surface area contributed by atoms with Crippen LogP contribution in [0, 0.1) is 0 Å². The van der Waals surface area contributed by atoms with Crippen molar-refractivity contribution in [3.8, 4) is 0 Å². The maximum Gasteiger partial charge on any atom is 0.283 e. The Kier molecular flexibility index (Phi) is 5.35. The third kappa shape index (κ3) is 4.25. The van der Waals surface area contributed by atoms with Crippen LogP contribution in [-0.2, 0) is 10.0 Å². The van der Waals surface area contributed by atoms with Crippen LogP contribution in [0.25, 0.3) is 0 Å². The van der Waals surface area contributed by atoms with Gasteiger partial charge in [0.1, 0.15) is 4.38 Å². The van der Waals surface area contributed by atoms with Gasteiger partial charge in [0, 0.05) is 5.69 Å². The summed E-state index contributed by atoms with van der Waals surface area (Å²) in [6, 6.07) is 6.02. The van der Waals surface area contributed by atoms with E-state index in [2.05, 4.69) is 4.40 Å². The van der Waals surface area contributed by atoms with E-state index in [0.717, 1.165) is 5.75 Å². The second kappa shape index (κ2) is 6.32. The molecule has 0 saturated heterocycles. The number of nitrogen functional groups attached to an aromatic ring is 1. The standard InChI is InChI=1S/C10H14N2O2S3/c1-3-16-10(15-2)12-17(13,14)9-6-4-8(11)5-7-9/h4-7H,3,11H2,1-2H3. The van der Waals surface area contributed by atoms with Gasteiger partial charge in [-0.05, 0) is 36.3 Å². The lowest BCUT2D eigenvalue weighted by atomic mass is 10.3. The van der Waals surface area contributed by atoms with Crippen LogP contribution in [0.2, 0.25) is 0 Å². The third-order valence-corrected chi connectivity index (χ3v) is 5.26. The fourth-order valence-electron chi connectivity index (χ4n) is 1.04. The predicted octanol–water partition coefficient (Wildman–Crippen LogP) is 2.43. The van der Waals surface area contributed by atoms with Gasteiger partial charge in [-0.2, -0.15) is 8.42 Å². The quantitative estimate of drug-likeness (QED) is 0.526. The van der Waals surface area contributed by atoms with Crippen molar-refractivity contribution < 1.29 is 8.42 Å². The van der Waals surface area contributed by atoms with E-state index in [4.69, 9.17) is 5.73 Å². The van der Waals surface area contributed by atoms with Crippen molar-refractivity contribution in [1.29, 1.82) is 0 Å². The summed E-state index contributed by atoms with van der Waals surface area (Å²) in [6.07, 6.45) is 1.81. The average molecular weight is 290 g/mol. The second-order valence-electron chi connectivity index (χ2n) is 3.04. The topological polar surface area (TPSA) is 72.5 Å². The van der Waals surface area contributed by atoms with Crippen molar-refractivity contribution in [2.24, 2.45) is 4.40 Å². The fraction of sp³-hybridized carbons (Fsp3) is 0.300. The number of nitrogens with two attached hydrogens (primary N) is 1. The molecule has 7 heteroatoms. The molecule has 2 N–H and O–H groups in total. The molecule has 4 nitrogen and oxygen atoms in total. The van der Waals surface area contributed by atoms with Crippen LogP contribution in [0.15, 0.2) is 33.6 Å². The summed E-state index contributed by atoms with van der Waals surface area (Å²) in [5.74, 6) is 0.789. The van der Waals surface area contributed by atoms with Crippen molar-refractivity contribution in [2.45, 2.75) is 11.8 Å². The van der Waals surface area contributed by atoms with E-state index in [0.29, 0.717) is 10.1 Å². The lowest BCUT2D eigenvalue weighted by Gasteiger charge is -2.02. The maximum atomic E-state index is 11.9. The highest BCUT2D eigenvalue weighted by molar-refractivity contribution is 8.39. The number of thioether (sulfide) groups is 2. The number of sulfonamides is 1. The van der Waals surface area contributed by atoms with Gasteiger partial charge in [0.2, 0.25) is 0 Å². The number of hydrogen-bond acceptors (Lipinski definition) is 5. The van der Waals surface area contributed by atoms with Crippen LogP contribution in [0.4, 0.5) is 5.69 Å². The minimum atomic E-state index is -3.62. The first-order valence-corrected chi connectivity index (χ1v) is 8.52. The molecule has 0 bridgehead atoms. The Morgan fingerprint density at radius 3 is 2.41 bits per heavy atom. The first-order valence-electron chi connectivity index (χ1n) is 4.87. The van der Waals surface area contributed by atoms with Gasteiger partial charge in [0.05, 0.1) is 4.90 Å². The van der Waals surface area contributed by atoms with Gasteiger partial charge < -0.3 is 5.73 Å². The van der Waals surface area contributed by atoms with Crippen molar-refractivity contribution >= 4 is 43.6 Å². The van der Waals surface area contributed by atoms with Crippen LogP contribution in [-0.4, -0.2) is 24.8 Å². The molecule has 0 aliphatic rings. The Labute approximate surface area is 110 Å². The largest absolute Gasteiger partial charge is 0.399 e. The van der Waals surface area contributed by atoms with E-state index in [-0.39, 0.29) is 4.90 Å². The molecule has 0 amide bonds. The van der Waals surface area contributed by atoms with Crippen molar-refractivity contribution in [2.75, 3.05) is 17.7 Å². The number of benzene rings is 1. The molecule has 0 spiro atoms. The van der Waals surface area contributed by atoms with Gasteiger partial charge in [-0.15, -0.1) is 16.2 Å². The molecule has 94 valence electrons. The highest BCUT2D eigenvalue weighted by atomic mass is 32.2. The van der Waals surface area contributed by atoms with Crippen LogP contribution in [0.3, 0.4) is 0 Å². The van der Waals surface area contributed by atoms with E-state index in [9.17, 15) is 8.42 Å². The molecule has 1 aromatic carbocycles. The Morgan fingerprint density at radius 2 is 1.94 bits per heavy atom. The molecule has 1 aromatic rings. The lowest BCUT2D eigenvalue weighted by molar-refractivity contribution is 0.598. The summed E-state index contributed by atoms with van der Waals surface area (Å²) >= 11 is 2.74. The predicted molar refractivity (Wildman–Crippen MR) is 77.1 cm³/mol. The van der Waals surface area contributed by atoms with Crippen LogP contribution >= 0.6 is 23.5 Å². The van der Waals surface area contributed by atoms with Gasteiger partial charge in [-0.1, -0.05) is 18.7 Å². The zero-order valence-corrected chi connectivity index (χ0v) is 12.0. The highest BCUT2D eigenvalue weighted by Gasteiger charge is 2.13. The normalized spacial score (nSPS) is 12.7. The number of hydrogen-bond donors (Lipinski definition) is 1. The summed E-state index contributed by atoms with van der Waals surface area (Å²) in [5.41, 5.74) is 6.03. The van der Waals surface area contributed by atoms with Crippen LogP contribution < -0.4 is 5.73 Å². The summed E-state index contributed by atoms with van der Waals surface area (Å²) in [6.45, 7) is 1.95. The van der Waals surface area contributed by atoms with Gasteiger partial charge in [-0.25, -0.2) is 0 Å². The first kappa shape index (κ1) is 14.4. The molecule has 17 heavy (non-hydrogen) atoms. The molecule has 0 saturated carbocycles. The van der Waals surface area contributed by atoms with Crippen LogP contribution in [0.1, 0.15) is 6.92 Å². The zero-order valence-electron chi connectivity index (χ0n) is 9.58. The van der Waals surface area contributed by atoms with Crippen molar-refractivity contribution in [3.05, 3.63) is 24.3 Å². The number of rotatable bonds is 3. The summed E-state index contributed by atoms with van der Waals surface area (Å²) in [4.78, 5) is 0.162. The first-order chi connectivity index (χ1) is 7.99. The van der Waals surface area contributed by atoms with Crippen molar-refractivity contribution in [1.82, 2.24) is 0 Å². The Bertz CT molecular complexity index is 495. The summed E-state index contributed by atoms with van der Waals surface area (Å²) in [5, 5.41) is 0. The molecular weight excluding hydrogens is 276 g/mol. The number of nitrogens with zero attached hydrogens (tertiary/aromatic N) is 1. The minimum Gasteiger partial charge on any atom is -0.399 e. The molecule has 0 heterocycles. The maximum absolute atomic E-state index is 11.9. The molecule has 0 aliphatic heterocycles. The second-order valence-corrected chi connectivity index (χ2v) is 6.95. The molecule has 0 aromatic heterocycles. The van der Waals surface area contributed by atoms with Gasteiger partial charge >= 0.3 is 0 Å². The van der Waals surface area contributed by atoms with E-state index in [1.165, 1.54) is 35.7 Å². The monoisotopic (exact) mass is 290 g/mol. The Balaban J connectivity index is 3.06. The van der Waals surface area contributed by atoms with Gasteiger partial charge in [-0.3, -0.25) is 0 Å². The van der Waals surface area contributed by atoms with Crippen LogP contribution in [0.5, 0.6) is 0 Å². The molecule has 1 rings (SSSR count). The molecule has 0 atom stereocenters. The third-order valence-electron chi connectivity index (χ3n) is 1.82. The smallest absolute Gasteiger partial charge is 0.283 e. The SMILES string of the molecule is CCSC(=NS(=O)(=O)c1ccc(N)cc1)SC. The van der Waals surface area contributed by atoms with E-state index >= 15 is 0 Å². The van der Waals surface area contributed by atoms with Gasteiger partial charge in [0.15, 0.2) is 0 Å². The fourth-order valence-corrected chi connectivity index (χ4v) is 3.99. The Morgan fingerprint density at radius 1 is 1.35 bits per heavy atom. The molecule has 0 fully saturated rings. The Hall–Kier alpha value is -0.660. The van der Waals surface area contributed by atoms with E-state index < -0.39 is 10.0 Å². The zero-order chi connectivity index (χ0) is 12.9. The van der Waals surface area contributed by atoms with Crippen molar-refractivity contribution in [3.63, 3.8) is 0 Å².